The number of benzene rings is 2. The first-order valence-electron chi connectivity index (χ1n) is 12.1. The lowest BCUT2D eigenvalue weighted by Crippen LogP contribution is -2.32. The molecule has 0 bridgehead atoms. The van der Waals surface area contributed by atoms with Crippen LogP contribution in [0, 0.1) is 6.92 Å². The maximum atomic E-state index is 13.2. The van der Waals surface area contributed by atoms with Gasteiger partial charge in [-0.3, -0.25) is 9.59 Å². The molecule has 1 aliphatic rings. The Morgan fingerprint density at radius 1 is 1.14 bits per heavy atom. The van der Waals surface area contributed by atoms with Gasteiger partial charge in [0.2, 0.25) is 0 Å². The summed E-state index contributed by atoms with van der Waals surface area (Å²) in [4.78, 5) is 30.0. The lowest BCUT2D eigenvalue weighted by Gasteiger charge is -2.26. The summed E-state index contributed by atoms with van der Waals surface area (Å²) in [6.07, 6.45) is 0.709. The maximum Gasteiger partial charge on any atom is 0.295 e. The van der Waals surface area contributed by atoms with E-state index in [9.17, 15) is 14.7 Å². The average Bonchev–Trinajstić information content (AvgIpc) is 3.05. The van der Waals surface area contributed by atoms with Crippen LogP contribution in [0.25, 0.3) is 5.76 Å². The second kappa shape index (κ2) is 11.4. The molecule has 0 radical (unpaired) electrons. The molecule has 0 aromatic heterocycles. The van der Waals surface area contributed by atoms with Crippen molar-refractivity contribution in [2.45, 2.75) is 46.3 Å². The molecule has 2 aromatic rings. The van der Waals surface area contributed by atoms with Crippen molar-refractivity contribution in [2.24, 2.45) is 0 Å². The minimum absolute atomic E-state index is 0.0123. The topological polar surface area (TPSA) is 79.3 Å². The third-order valence-electron chi connectivity index (χ3n) is 5.84. The second-order valence-electron chi connectivity index (χ2n) is 9.30. The van der Waals surface area contributed by atoms with E-state index in [2.05, 4.69) is 0 Å². The molecular formula is C28H36N2O5. The van der Waals surface area contributed by atoms with Gasteiger partial charge in [0.1, 0.15) is 17.3 Å². The van der Waals surface area contributed by atoms with Gasteiger partial charge in [-0.15, -0.1) is 0 Å². The summed E-state index contributed by atoms with van der Waals surface area (Å²) in [5.74, 6) is -0.117. The van der Waals surface area contributed by atoms with Crippen molar-refractivity contribution >= 4 is 17.4 Å². The number of carbonyl (C=O) groups is 2. The van der Waals surface area contributed by atoms with Crippen LogP contribution < -0.4 is 9.47 Å². The van der Waals surface area contributed by atoms with Crippen LogP contribution in [0.4, 0.5) is 0 Å². The van der Waals surface area contributed by atoms with Gasteiger partial charge in [-0.1, -0.05) is 12.1 Å². The van der Waals surface area contributed by atoms with E-state index in [-0.39, 0.29) is 17.4 Å². The Balaban J connectivity index is 2.10. The third-order valence-corrected chi connectivity index (χ3v) is 5.84. The van der Waals surface area contributed by atoms with Crippen LogP contribution in [-0.4, -0.2) is 66.5 Å². The fraction of sp³-hybridized carbons (Fsp3) is 0.429. The van der Waals surface area contributed by atoms with Gasteiger partial charge in [-0.25, -0.2) is 0 Å². The Bertz CT molecular complexity index is 1110. The number of ketones is 1. The highest BCUT2D eigenvalue weighted by Gasteiger charge is 2.45. The summed E-state index contributed by atoms with van der Waals surface area (Å²) in [5.41, 5.74) is 2.11. The zero-order valence-corrected chi connectivity index (χ0v) is 21.5. The molecule has 1 saturated heterocycles. The number of aryl methyl sites for hydroxylation is 1. The molecule has 0 saturated carbocycles. The Labute approximate surface area is 207 Å². The van der Waals surface area contributed by atoms with Gasteiger partial charge in [0, 0.05) is 12.1 Å². The highest BCUT2D eigenvalue weighted by molar-refractivity contribution is 6.46. The Morgan fingerprint density at radius 2 is 1.89 bits per heavy atom. The predicted molar refractivity (Wildman–Crippen MR) is 137 cm³/mol. The Kier molecular flexibility index (Phi) is 8.57. The highest BCUT2D eigenvalue weighted by Crippen LogP contribution is 2.40. The summed E-state index contributed by atoms with van der Waals surface area (Å²) in [6.45, 7) is 9.33. The number of rotatable bonds is 10. The number of hydrogen-bond donors (Lipinski definition) is 1. The largest absolute Gasteiger partial charge is 0.507 e. The van der Waals surface area contributed by atoms with Crippen LogP contribution in [-0.2, 0) is 9.59 Å². The van der Waals surface area contributed by atoms with Crippen LogP contribution in [0.3, 0.4) is 0 Å². The van der Waals surface area contributed by atoms with Gasteiger partial charge < -0.3 is 24.4 Å². The zero-order chi connectivity index (χ0) is 25.7. The van der Waals surface area contributed by atoms with E-state index in [4.69, 9.17) is 9.47 Å². The van der Waals surface area contributed by atoms with Crippen LogP contribution in [0.5, 0.6) is 11.5 Å². The fourth-order valence-electron chi connectivity index (χ4n) is 4.29. The van der Waals surface area contributed by atoms with Crippen LogP contribution in [0.1, 0.15) is 49.9 Å². The summed E-state index contributed by atoms with van der Waals surface area (Å²) in [6, 6.07) is 11.9. The Morgan fingerprint density at radius 3 is 2.51 bits per heavy atom. The highest BCUT2D eigenvalue weighted by atomic mass is 16.5. The molecule has 7 nitrogen and oxygen atoms in total. The van der Waals surface area contributed by atoms with E-state index in [0.717, 1.165) is 17.7 Å². The van der Waals surface area contributed by atoms with E-state index in [1.807, 2.05) is 71.0 Å². The second-order valence-corrected chi connectivity index (χ2v) is 9.30. The smallest absolute Gasteiger partial charge is 0.295 e. The van der Waals surface area contributed by atoms with Gasteiger partial charge in [0.05, 0.1) is 24.3 Å². The molecule has 1 amide bonds. The first kappa shape index (κ1) is 26.3. The van der Waals surface area contributed by atoms with Gasteiger partial charge in [0.25, 0.3) is 11.7 Å². The van der Waals surface area contributed by atoms with Crippen LogP contribution in [0.2, 0.25) is 0 Å². The molecule has 0 spiro atoms. The zero-order valence-electron chi connectivity index (χ0n) is 21.5. The quantitative estimate of drug-likeness (QED) is 0.305. The SMILES string of the molecule is CCOc1cccc(C2/C(=C(\O)c3ccc(OC(C)C)c(C)c3)C(=O)C(=O)N2CCCN(C)C)c1. The third kappa shape index (κ3) is 6.03. The molecule has 188 valence electrons. The molecule has 1 heterocycles. The van der Waals surface area contributed by atoms with Crippen molar-refractivity contribution < 1.29 is 24.2 Å². The van der Waals surface area contributed by atoms with E-state index in [0.29, 0.717) is 36.6 Å². The predicted octanol–water partition coefficient (Wildman–Crippen LogP) is 4.55. The van der Waals surface area contributed by atoms with Gasteiger partial charge in [-0.2, -0.15) is 0 Å². The molecule has 1 fully saturated rings. The number of ether oxygens (including phenoxy) is 2. The van der Waals surface area contributed by atoms with Gasteiger partial charge in [0.15, 0.2) is 0 Å². The molecular weight excluding hydrogens is 444 g/mol. The Hall–Kier alpha value is -3.32. The van der Waals surface area contributed by atoms with Crippen LogP contribution in [0.15, 0.2) is 48.0 Å². The number of likely N-dealkylation sites (tertiary alicyclic amines) is 1. The van der Waals surface area contributed by atoms with Gasteiger partial charge >= 0.3 is 0 Å². The molecule has 1 atom stereocenters. The lowest BCUT2D eigenvalue weighted by molar-refractivity contribution is -0.139. The van der Waals surface area contributed by atoms with Gasteiger partial charge in [-0.05, 0) is 96.2 Å². The van der Waals surface area contributed by atoms with E-state index >= 15 is 0 Å². The number of nitrogens with zero attached hydrogens (tertiary/aromatic N) is 2. The van der Waals surface area contributed by atoms with Crippen molar-refractivity contribution in [1.82, 2.24) is 9.80 Å². The first-order chi connectivity index (χ1) is 16.6. The number of Topliss-reactive ketones (excluding diaryl/α,β-unsaturated/α-hetero) is 1. The summed E-state index contributed by atoms with van der Waals surface area (Å²) < 4.78 is 11.5. The molecule has 1 N–H and O–H groups in total. The number of hydrogen-bond acceptors (Lipinski definition) is 6. The van der Waals surface area contributed by atoms with Crippen molar-refractivity contribution in [2.75, 3.05) is 33.8 Å². The minimum Gasteiger partial charge on any atom is -0.507 e. The van der Waals surface area contributed by atoms with Crippen LogP contribution >= 0.6 is 0 Å². The molecule has 1 unspecified atom stereocenters. The molecule has 1 aliphatic heterocycles. The molecule has 2 aromatic carbocycles. The van der Waals surface area contributed by atoms with E-state index in [1.165, 1.54) is 0 Å². The van der Waals surface area contributed by atoms with Crippen molar-refractivity contribution in [3.8, 4) is 11.5 Å². The normalized spacial score (nSPS) is 17.5. The maximum absolute atomic E-state index is 13.2. The molecule has 0 aliphatic carbocycles. The number of carbonyl (C=O) groups excluding carboxylic acids is 2. The average molecular weight is 481 g/mol. The lowest BCUT2D eigenvalue weighted by atomic mass is 9.94. The number of aliphatic hydroxyl groups is 1. The number of aliphatic hydroxyl groups excluding tert-OH is 1. The van der Waals surface area contributed by atoms with E-state index in [1.54, 1.807) is 23.1 Å². The monoisotopic (exact) mass is 480 g/mol. The fourth-order valence-corrected chi connectivity index (χ4v) is 4.29. The first-order valence-corrected chi connectivity index (χ1v) is 12.1. The number of amides is 1. The minimum atomic E-state index is -0.704. The molecule has 7 heteroatoms. The molecule has 3 rings (SSSR count). The summed E-state index contributed by atoms with van der Waals surface area (Å²) in [7, 11) is 3.93. The van der Waals surface area contributed by atoms with E-state index < -0.39 is 17.7 Å². The molecule has 35 heavy (non-hydrogen) atoms. The summed E-state index contributed by atoms with van der Waals surface area (Å²) >= 11 is 0. The standard InChI is InChI=1S/C28H36N2O5/c1-7-34-22-11-8-10-20(17-22)25-24(27(32)28(33)30(25)15-9-14-29(5)6)26(31)21-12-13-23(19(4)16-21)35-18(2)3/h8,10-13,16-18,25,31H,7,9,14-15H2,1-6H3/b26-24+. The van der Waals surface area contributed by atoms with Crippen molar-refractivity contribution in [3.05, 3.63) is 64.7 Å². The van der Waals surface area contributed by atoms with Crippen molar-refractivity contribution in [3.63, 3.8) is 0 Å². The summed E-state index contributed by atoms with van der Waals surface area (Å²) in [5, 5.41) is 11.3. The van der Waals surface area contributed by atoms with Crippen molar-refractivity contribution in [1.29, 1.82) is 0 Å².